The number of aromatic amines is 1. The van der Waals surface area contributed by atoms with Gasteiger partial charge in [0.05, 0.1) is 11.1 Å². The number of benzene rings is 1. The molecule has 3 rings (SSSR count). The minimum Gasteiger partial charge on any atom is -0.478 e. The van der Waals surface area contributed by atoms with Gasteiger partial charge in [-0.3, -0.25) is 0 Å². The van der Waals surface area contributed by atoms with E-state index in [1.54, 1.807) is 0 Å². The van der Waals surface area contributed by atoms with Crippen LogP contribution in [0.3, 0.4) is 0 Å². The number of nitrogens with zero attached hydrogens (tertiary/aromatic N) is 2. The summed E-state index contributed by atoms with van der Waals surface area (Å²) in [7, 11) is 0. The molecule has 0 saturated heterocycles. The van der Waals surface area contributed by atoms with Crippen molar-refractivity contribution in [2.75, 3.05) is 0 Å². The quantitative estimate of drug-likeness (QED) is 0.753. The van der Waals surface area contributed by atoms with E-state index in [1.807, 2.05) is 18.2 Å². The molecule has 0 saturated carbocycles. The van der Waals surface area contributed by atoms with Gasteiger partial charge in [0.15, 0.2) is 5.65 Å². The number of hydrogen-bond acceptors (Lipinski definition) is 3. The van der Waals surface area contributed by atoms with E-state index < -0.39 is 5.97 Å². The largest absolute Gasteiger partial charge is 0.478 e. The molecule has 0 fully saturated rings. The summed E-state index contributed by atoms with van der Waals surface area (Å²) in [5.41, 5.74) is 2.46. The van der Waals surface area contributed by atoms with Crippen LogP contribution < -0.4 is 0 Å². The maximum atomic E-state index is 11.1. The van der Waals surface area contributed by atoms with E-state index >= 15 is 0 Å². The molecule has 0 aliphatic rings. The van der Waals surface area contributed by atoms with Crippen molar-refractivity contribution in [3.8, 4) is 0 Å². The lowest BCUT2D eigenvalue weighted by Crippen LogP contribution is -1.98. The van der Waals surface area contributed by atoms with Crippen LogP contribution in [0.4, 0.5) is 0 Å². The first-order chi connectivity index (χ1) is 10.2. The Bertz CT molecular complexity index is 766. The van der Waals surface area contributed by atoms with Crippen molar-refractivity contribution < 1.29 is 9.90 Å². The van der Waals surface area contributed by atoms with Gasteiger partial charge in [0.2, 0.25) is 0 Å². The summed E-state index contributed by atoms with van der Waals surface area (Å²) in [5.74, 6) is -0.191. The van der Waals surface area contributed by atoms with E-state index in [-0.39, 0.29) is 5.56 Å². The number of aromatic carboxylic acids is 1. The Morgan fingerprint density at radius 1 is 1.14 bits per heavy atom. The molecule has 2 aromatic heterocycles. The molecule has 0 bridgehead atoms. The summed E-state index contributed by atoms with van der Waals surface area (Å²) < 4.78 is 0. The number of nitrogens with one attached hydrogen (secondary N) is 1. The lowest BCUT2D eigenvalue weighted by Gasteiger charge is -1.99. The average molecular weight is 281 g/mol. The highest BCUT2D eigenvalue weighted by atomic mass is 16.4. The predicted molar refractivity (Wildman–Crippen MR) is 79.3 cm³/mol. The Labute approximate surface area is 121 Å². The molecule has 0 atom stereocenters. The minimum absolute atomic E-state index is 0.210. The Morgan fingerprint density at radius 3 is 2.71 bits per heavy atom. The molecule has 0 radical (unpaired) electrons. The summed E-state index contributed by atoms with van der Waals surface area (Å²) in [6.45, 7) is 0. The molecular formula is C16H15N3O2. The van der Waals surface area contributed by atoms with E-state index in [1.165, 1.54) is 17.8 Å². The topological polar surface area (TPSA) is 78.9 Å². The normalized spacial score (nSPS) is 10.9. The minimum atomic E-state index is -0.970. The molecule has 0 aliphatic carbocycles. The molecule has 5 heteroatoms. The fraction of sp³-hybridized carbons (Fsp3) is 0.188. The third-order valence-electron chi connectivity index (χ3n) is 3.39. The lowest BCUT2D eigenvalue weighted by molar-refractivity contribution is 0.0698. The number of aromatic nitrogens is 3. The molecule has 0 unspecified atom stereocenters. The van der Waals surface area contributed by atoms with E-state index in [4.69, 9.17) is 5.11 Å². The molecule has 2 heterocycles. The Morgan fingerprint density at radius 2 is 1.95 bits per heavy atom. The van der Waals surface area contributed by atoms with Crippen LogP contribution in [0.15, 0.2) is 42.6 Å². The first-order valence-corrected chi connectivity index (χ1v) is 6.85. The van der Waals surface area contributed by atoms with Gasteiger partial charge in [-0.25, -0.2) is 14.8 Å². The van der Waals surface area contributed by atoms with Crippen LogP contribution in [-0.4, -0.2) is 26.0 Å². The van der Waals surface area contributed by atoms with Crippen molar-refractivity contribution in [2.24, 2.45) is 0 Å². The second-order valence-corrected chi connectivity index (χ2v) is 4.88. The summed E-state index contributed by atoms with van der Waals surface area (Å²) in [6, 6.07) is 11.7. The van der Waals surface area contributed by atoms with Gasteiger partial charge in [-0.2, -0.15) is 0 Å². The number of rotatable bonds is 5. The molecule has 0 aliphatic heterocycles. The molecule has 3 aromatic rings. The van der Waals surface area contributed by atoms with Crippen LogP contribution in [0.1, 0.15) is 28.2 Å². The van der Waals surface area contributed by atoms with Crippen molar-refractivity contribution in [1.29, 1.82) is 0 Å². The Balaban J connectivity index is 1.73. The van der Waals surface area contributed by atoms with Crippen LogP contribution in [-0.2, 0) is 12.8 Å². The van der Waals surface area contributed by atoms with Crippen LogP contribution in [0.25, 0.3) is 11.2 Å². The number of hydrogen-bond donors (Lipinski definition) is 2. The van der Waals surface area contributed by atoms with Crippen molar-refractivity contribution in [3.63, 3.8) is 0 Å². The molecule has 2 N–H and O–H groups in total. The van der Waals surface area contributed by atoms with E-state index in [0.29, 0.717) is 11.2 Å². The van der Waals surface area contributed by atoms with Gasteiger partial charge >= 0.3 is 5.97 Å². The number of fused-ring (bicyclic) bond motifs is 1. The van der Waals surface area contributed by atoms with Crippen molar-refractivity contribution in [3.05, 3.63) is 59.5 Å². The van der Waals surface area contributed by atoms with Crippen molar-refractivity contribution in [2.45, 2.75) is 19.3 Å². The van der Waals surface area contributed by atoms with Gasteiger partial charge in [-0.05, 0) is 24.5 Å². The fourth-order valence-corrected chi connectivity index (χ4v) is 2.36. The standard InChI is InChI=1S/C16H15N3O2/c20-16(21)12-9-10-17-15-14(12)18-13(19-15)8-4-7-11-5-2-1-3-6-11/h1-3,5-6,9-10H,4,7-8H2,(H,20,21)(H,17,18,19). The molecule has 106 valence electrons. The molecular weight excluding hydrogens is 266 g/mol. The zero-order chi connectivity index (χ0) is 14.7. The molecule has 0 amide bonds. The number of pyridine rings is 1. The monoisotopic (exact) mass is 281 g/mol. The SMILES string of the molecule is O=C(O)c1ccnc2nc(CCCc3ccccc3)[nH]c12. The van der Waals surface area contributed by atoms with Crippen LogP contribution >= 0.6 is 0 Å². The zero-order valence-electron chi connectivity index (χ0n) is 11.4. The second kappa shape index (κ2) is 5.75. The van der Waals surface area contributed by atoms with E-state index in [2.05, 4.69) is 27.1 Å². The number of carboxylic acids is 1. The lowest BCUT2D eigenvalue weighted by atomic mass is 10.1. The van der Waals surface area contributed by atoms with Gasteiger partial charge in [0, 0.05) is 12.6 Å². The van der Waals surface area contributed by atoms with Gasteiger partial charge in [0.1, 0.15) is 5.82 Å². The molecule has 1 aromatic carbocycles. The number of imidazole rings is 1. The zero-order valence-corrected chi connectivity index (χ0v) is 11.4. The fourth-order valence-electron chi connectivity index (χ4n) is 2.36. The average Bonchev–Trinajstić information content (AvgIpc) is 2.90. The Kier molecular flexibility index (Phi) is 3.64. The maximum absolute atomic E-state index is 11.1. The number of carbonyl (C=O) groups is 1. The highest BCUT2D eigenvalue weighted by Crippen LogP contribution is 2.15. The summed E-state index contributed by atoms with van der Waals surface area (Å²) in [6.07, 6.45) is 4.16. The van der Waals surface area contributed by atoms with Crippen molar-refractivity contribution >= 4 is 17.1 Å². The summed E-state index contributed by atoms with van der Waals surface area (Å²) >= 11 is 0. The molecule has 5 nitrogen and oxygen atoms in total. The van der Waals surface area contributed by atoms with Crippen molar-refractivity contribution in [1.82, 2.24) is 15.0 Å². The molecule has 0 spiro atoms. The van der Waals surface area contributed by atoms with Crippen LogP contribution in [0.2, 0.25) is 0 Å². The van der Waals surface area contributed by atoms with Gasteiger partial charge in [-0.15, -0.1) is 0 Å². The van der Waals surface area contributed by atoms with Gasteiger partial charge in [-0.1, -0.05) is 30.3 Å². The maximum Gasteiger partial charge on any atom is 0.338 e. The van der Waals surface area contributed by atoms with E-state index in [0.717, 1.165) is 25.1 Å². The van der Waals surface area contributed by atoms with Gasteiger partial charge < -0.3 is 10.1 Å². The highest BCUT2D eigenvalue weighted by molar-refractivity contribution is 5.99. The Hall–Kier alpha value is -2.69. The second-order valence-electron chi connectivity index (χ2n) is 4.88. The number of H-pyrrole nitrogens is 1. The third kappa shape index (κ3) is 2.91. The van der Waals surface area contributed by atoms with Crippen LogP contribution in [0.5, 0.6) is 0 Å². The molecule has 21 heavy (non-hydrogen) atoms. The summed E-state index contributed by atoms with van der Waals surface area (Å²) in [4.78, 5) is 22.7. The van der Waals surface area contributed by atoms with Crippen LogP contribution in [0, 0.1) is 0 Å². The predicted octanol–water partition coefficient (Wildman–Crippen LogP) is 2.83. The first kappa shape index (κ1) is 13.3. The number of carboxylic acid groups (broad SMARTS) is 1. The van der Waals surface area contributed by atoms with Gasteiger partial charge in [0.25, 0.3) is 0 Å². The van der Waals surface area contributed by atoms with E-state index in [9.17, 15) is 4.79 Å². The first-order valence-electron chi connectivity index (χ1n) is 6.85. The summed E-state index contributed by atoms with van der Waals surface area (Å²) in [5, 5.41) is 9.14. The smallest absolute Gasteiger partial charge is 0.338 e. The number of aryl methyl sites for hydroxylation is 2. The third-order valence-corrected chi connectivity index (χ3v) is 3.39. The highest BCUT2D eigenvalue weighted by Gasteiger charge is 2.12.